The molecule has 2 amide bonds. The van der Waals surface area contributed by atoms with Crippen LogP contribution in [0.4, 0.5) is 5.13 Å². The average Bonchev–Trinajstić information content (AvgIpc) is 3.10. The van der Waals surface area contributed by atoms with E-state index in [9.17, 15) is 24.6 Å². The molecular formula is C15H17N6NaO6S2. The van der Waals surface area contributed by atoms with Gasteiger partial charge in [0, 0.05) is 17.3 Å². The number of β-lactam (4-membered cyclic amide) rings is 1. The molecule has 0 bridgehead atoms. The van der Waals surface area contributed by atoms with E-state index >= 15 is 0 Å². The van der Waals surface area contributed by atoms with E-state index in [0.717, 1.165) is 16.4 Å². The van der Waals surface area contributed by atoms with Gasteiger partial charge >= 0.3 is 29.6 Å². The first kappa shape index (κ1) is 24.6. The number of carbonyl (C=O) groups is 3. The Balaban J connectivity index is 0.00000320. The van der Waals surface area contributed by atoms with Crippen LogP contribution >= 0.6 is 23.3 Å². The number of thioether (sulfide) groups is 1. The van der Waals surface area contributed by atoms with Crippen LogP contribution in [0.25, 0.3) is 0 Å². The molecule has 0 radical (unpaired) electrons. The van der Waals surface area contributed by atoms with Gasteiger partial charge in [0.15, 0.2) is 5.13 Å². The second kappa shape index (κ2) is 10.1. The third-order valence-electron chi connectivity index (χ3n) is 3.94. The van der Waals surface area contributed by atoms with E-state index in [1.165, 1.54) is 11.8 Å². The Hall–Kier alpha value is -1.71. The van der Waals surface area contributed by atoms with Crippen molar-refractivity contribution in [2.45, 2.75) is 31.4 Å². The van der Waals surface area contributed by atoms with Crippen molar-refractivity contribution in [2.24, 2.45) is 5.16 Å². The second-order valence-corrected chi connectivity index (χ2v) is 8.20. The Labute approximate surface area is 201 Å². The smallest absolute Gasteiger partial charge is 0.543 e. The standard InChI is InChI=1S/C15H18N6O6S2.Na/c1-5(2)27-19-7(10-18-15(16)29-20-10)11(23)17-8-12(24)21-9(14(25)26)6(3-22)4-28-13(8)21;/h5,8,13,22H,3-4H2,1-2H3,(H,17,23)(H,25,26)(H2,16,18,20);/q;+1/p-1/b19-7-;/t8-,13-;/m1./s1. The SMILES string of the molecule is CC(C)O/N=C(\C(=O)N[C@@H]1C(=O)N2C(C(=O)[O-])=C(CO)CS[C@H]12)c1nsc(N)n1.[Na+]. The number of oxime groups is 1. The van der Waals surface area contributed by atoms with Gasteiger partial charge in [-0.1, -0.05) is 5.16 Å². The third kappa shape index (κ3) is 4.78. The van der Waals surface area contributed by atoms with Gasteiger partial charge in [-0.15, -0.1) is 11.8 Å². The number of aliphatic hydroxyl groups is 1. The van der Waals surface area contributed by atoms with Crippen LogP contribution in [0.15, 0.2) is 16.4 Å². The quantitative estimate of drug-likeness (QED) is 0.152. The van der Waals surface area contributed by atoms with Gasteiger partial charge in [0.2, 0.25) is 11.5 Å². The number of anilines is 1. The summed E-state index contributed by atoms with van der Waals surface area (Å²) in [4.78, 5) is 46.7. The van der Waals surface area contributed by atoms with Gasteiger partial charge in [-0.3, -0.25) is 14.5 Å². The maximum atomic E-state index is 12.7. The van der Waals surface area contributed by atoms with Gasteiger partial charge in [-0.05, 0) is 19.4 Å². The summed E-state index contributed by atoms with van der Waals surface area (Å²) in [5.74, 6) is -2.84. The average molecular weight is 464 g/mol. The number of fused-ring (bicyclic) bond motifs is 1. The van der Waals surface area contributed by atoms with Gasteiger partial charge in [0.05, 0.1) is 18.3 Å². The maximum absolute atomic E-state index is 12.7. The number of nitrogens with zero attached hydrogens (tertiary/aromatic N) is 4. The zero-order valence-electron chi connectivity index (χ0n) is 16.3. The van der Waals surface area contributed by atoms with Crippen molar-refractivity contribution in [3.05, 3.63) is 17.1 Å². The minimum atomic E-state index is -1.56. The predicted molar refractivity (Wildman–Crippen MR) is 101 cm³/mol. The van der Waals surface area contributed by atoms with E-state index in [1.54, 1.807) is 13.8 Å². The Morgan fingerprint density at radius 1 is 1.50 bits per heavy atom. The molecule has 30 heavy (non-hydrogen) atoms. The Morgan fingerprint density at radius 3 is 2.73 bits per heavy atom. The Kier molecular flexibility index (Phi) is 8.24. The molecule has 0 aliphatic carbocycles. The van der Waals surface area contributed by atoms with E-state index in [2.05, 4.69) is 19.8 Å². The summed E-state index contributed by atoms with van der Waals surface area (Å²) < 4.78 is 3.94. The number of nitrogen functional groups attached to an aromatic ring is 1. The van der Waals surface area contributed by atoms with Crippen molar-refractivity contribution in [3.8, 4) is 0 Å². The molecular weight excluding hydrogens is 447 g/mol. The summed E-state index contributed by atoms with van der Waals surface area (Å²) in [6.07, 6.45) is -0.323. The number of carboxylic acids is 1. The molecule has 156 valence electrons. The van der Waals surface area contributed by atoms with E-state index in [4.69, 9.17) is 10.6 Å². The summed E-state index contributed by atoms with van der Waals surface area (Å²) in [5, 5.41) is 26.5. The van der Waals surface area contributed by atoms with Crippen LogP contribution in [0, 0.1) is 0 Å². The minimum Gasteiger partial charge on any atom is -0.543 e. The number of rotatable bonds is 7. The van der Waals surface area contributed by atoms with Crippen molar-refractivity contribution < 1.29 is 59.0 Å². The van der Waals surface area contributed by atoms with Crippen LogP contribution < -0.4 is 45.7 Å². The first-order valence-corrected chi connectivity index (χ1v) is 10.2. The number of hydrogen-bond donors (Lipinski definition) is 3. The fourth-order valence-corrected chi connectivity index (χ4v) is 4.45. The molecule has 4 N–H and O–H groups in total. The molecule has 1 aromatic rings. The second-order valence-electron chi connectivity index (χ2n) is 6.31. The number of aliphatic hydroxyl groups excluding tert-OH is 1. The molecule has 12 nitrogen and oxygen atoms in total. The number of nitrogens with two attached hydrogens (primary N) is 1. The number of nitrogens with one attached hydrogen (secondary N) is 1. The number of hydrogen-bond acceptors (Lipinski definition) is 12. The van der Waals surface area contributed by atoms with Gasteiger partial charge < -0.3 is 30.9 Å². The molecule has 2 aliphatic heterocycles. The Bertz CT molecular complexity index is 919. The zero-order valence-corrected chi connectivity index (χ0v) is 20.0. The van der Waals surface area contributed by atoms with Crippen molar-refractivity contribution in [2.75, 3.05) is 18.1 Å². The number of amides is 2. The number of aliphatic carboxylic acids is 1. The minimum absolute atomic E-state index is 0. The largest absolute Gasteiger partial charge is 1.00 e. The van der Waals surface area contributed by atoms with Crippen molar-refractivity contribution in [3.63, 3.8) is 0 Å². The van der Waals surface area contributed by atoms with E-state index in [0.29, 0.717) is 0 Å². The molecule has 1 aromatic heterocycles. The van der Waals surface area contributed by atoms with Crippen LogP contribution in [0.5, 0.6) is 0 Å². The third-order valence-corrected chi connectivity index (χ3v) is 5.82. The first-order valence-electron chi connectivity index (χ1n) is 8.37. The summed E-state index contributed by atoms with van der Waals surface area (Å²) in [6.45, 7) is 2.91. The van der Waals surface area contributed by atoms with Crippen LogP contribution in [-0.2, 0) is 19.2 Å². The maximum Gasteiger partial charge on any atom is 1.00 e. The van der Waals surface area contributed by atoms with Gasteiger partial charge in [-0.25, -0.2) is 0 Å². The van der Waals surface area contributed by atoms with Crippen molar-refractivity contribution in [1.29, 1.82) is 0 Å². The summed E-state index contributed by atoms with van der Waals surface area (Å²) >= 11 is 2.08. The molecule has 3 heterocycles. The fraction of sp³-hybridized carbons (Fsp3) is 0.467. The summed E-state index contributed by atoms with van der Waals surface area (Å²) in [7, 11) is 0. The number of carbonyl (C=O) groups excluding carboxylic acids is 3. The van der Waals surface area contributed by atoms with Crippen molar-refractivity contribution >= 4 is 51.9 Å². The van der Waals surface area contributed by atoms with Gasteiger partial charge in [0.1, 0.15) is 17.5 Å². The molecule has 0 saturated carbocycles. The molecule has 2 aliphatic rings. The zero-order chi connectivity index (χ0) is 21.3. The van der Waals surface area contributed by atoms with Gasteiger partial charge in [-0.2, -0.15) is 9.36 Å². The molecule has 0 aromatic carbocycles. The predicted octanol–water partition coefficient (Wildman–Crippen LogP) is -5.35. The summed E-state index contributed by atoms with van der Waals surface area (Å²) in [5.41, 5.74) is 5.11. The van der Waals surface area contributed by atoms with E-state index < -0.39 is 35.8 Å². The topological polar surface area (TPSA) is 183 Å². The van der Waals surface area contributed by atoms with E-state index in [-0.39, 0.29) is 69.4 Å². The molecule has 1 saturated heterocycles. The Morgan fingerprint density at radius 2 is 2.20 bits per heavy atom. The molecule has 3 rings (SSSR count). The van der Waals surface area contributed by atoms with Gasteiger partial charge in [0.25, 0.3) is 11.8 Å². The number of carboxylic acid groups (broad SMARTS) is 1. The molecule has 0 unspecified atom stereocenters. The summed E-state index contributed by atoms with van der Waals surface area (Å²) in [6, 6.07) is -0.998. The van der Waals surface area contributed by atoms with Crippen LogP contribution in [-0.4, -0.2) is 72.7 Å². The monoisotopic (exact) mass is 464 g/mol. The van der Waals surface area contributed by atoms with Crippen LogP contribution in [0.1, 0.15) is 19.7 Å². The molecule has 15 heteroatoms. The van der Waals surface area contributed by atoms with Crippen LogP contribution in [0.3, 0.4) is 0 Å². The molecule has 2 atom stereocenters. The molecule has 0 spiro atoms. The van der Waals surface area contributed by atoms with Crippen LogP contribution in [0.2, 0.25) is 0 Å². The van der Waals surface area contributed by atoms with Crippen molar-refractivity contribution in [1.82, 2.24) is 19.6 Å². The molecule has 1 fully saturated rings. The number of aromatic nitrogens is 2. The van der Waals surface area contributed by atoms with E-state index in [1.807, 2.05) is 0 Å². The fourth-order valence-electron chi connectivity index (χ4n) is 2.68. The normalized spacial score (nSPS) is 21.0. The first-order chi connectivity index (χ1) is 13.7.